The van der Waals surface area contributed by atoms with Gasteiger partial charge in [0.1, 0.15) is 0 Å². The molecule has 0 fully saturated rings. The van der Waals surface area contributed by atoms with Crippen LogP contribution in [0, 0.1) is 0 Å². The highest BCUT2D eigenvalue weighted by molar-refractivity contribution is 5.91. The van der Waals surface area contributed by atoms with E-state index in [1.165, 1.54) is 19.3 Å². The summed E-state index contributed by atoms with van der Waals surface area (Å²) in [7, 11) is 0. The number of rotatable bonds is 11. The van der Waals surface area contributed by atoms with Gasteiger partial charge in [-0.05, 0) is 18.1 Å². The molecule has 1 amide bonds. The number of amides is 1. The first-order valence-electron chi connectivity index (χ1n) is 8.22. The van der Waals surface area contributed by atoms with Gasteiger partial charge in [-0.2, -0.15) is 0 Å². The number of benzene rings is 1. The Bertz CT molecular complexity index is 466. The Labute approximate surface area is 133 Å². The molecule has 0 spiro atoms. The first kappa shape index (κ1) is 18.1. The molecule has 1 N–H and O–H groups in total. The van der Waals surface area contributed by atoms with Gasteiger partial charge in [-0.3, -0.25) is 9.59 Å². The smallest absolute Gasteiger partial charge is 0.220 e. The molecule has 0 unspecified atom stereocenters. The van der Waals surface area contributed by atoms with Gasteiger partial charge in [-0.1, -0.05) is 69.0 Å². The third-order valence-corrected chi connectivity index (χ3v) is 3.45. The van der Waals surface area contributed by atoms with Gasteiger partial charge in [-0.15, -0.1) is 0 Å². The lowest BCUT2D eigenvalue weighted by molar-refractivity contribution is -0.121. The first-order valence-corrected chi connectivity index (χ1v) is 8.22. The summed E-state index contributed by atoms with van der Waals surface area (Å²) in [6.07, 6.45) is 9.99. The first-order chi connectivity index (χ1) is 10.7. The molecule has 120 valence electrons. The van der Waals surface area contributed by atoms with Crippen LogP contribution in [0.3, 0.4) is 0 Å². The number of carbonyl (C=O) groups excluding carboxylic acids is 2. The van der Waals surface area contributed by atoms with Gasteiger partial charge in [0, 0.05) is 19.4 Å². The average Bonchev–Trinajstić information content (AvgIpc) is 2.52. The van der Waals surface area contributed by atoms with Crippen LogP contribution in [0.5, 0.6) is 0 Å². The summed E-state index contributed by atoms with van der Waals surface area (Å²) in [5.41, 5.74) is 1.01. The number of nitrogens with one attached hydrogen (secondary N) is 1. The maximum atomic E-state index is 11.7. The van der Waals surface area contributed by atoms with E-state index in [0.29, 0.717) is 19.4 Å². The highest BCUT2D eigenvalue weighted by Crippen LogP contribution is 2.04. The second-order valence-corrected chi connectivity index (χ2v) is 5.50. The Morgan fingerprint density at radius 3 is 2.50 bits per heavy atom. The van der Waals surface area contributed by atoms with E-state index in [4.69, 9.17) is 0 Å². The molecule has 0 bridgehead atoms. The SMILES string of the molecule is CCCCCCCC(=O)NC/C=C/C(=O)Cc1ccccc1. The van der Waals surface area contributed by atoms with Gasteiger partial charge in [0.15, 0.2) is 5.78 Å². The largest absolute Gasteiger partial charge is 0.353 e. The molecule has 0 saturated heterocycles. The number of hydrogen-bond acceptors (Lipinski definition) is 2. The minimum Gasteiger partial charge on any atom is -0.353 e. The number of allylic oxidation sites excluding steroid dienone is 1. The van der Waals surface area contributed by atoms with E-state index >= 15 is 0 Å². The summed E-state index contributed by atoms with van der Waals surface area (Å²) in [5.74, 6) is 0.122. The van der Waals surface area contributed by atoms with Crippen LogP contribution in [0.25, 0.3) is 0 Å². The van der Waals surface area contributed by atoms with Crippen LogP contribution in [-0.2, 0) is 16.0 Å². The molecule has 1 aromatic carbocycles. The van der Waals surface area contributed by atoms with Crippen molar-refractivity contribution in [1.29, 1.82) is 0 Å². The van der Waals surface area contributed by atoms with Crippen molar-refractivity contribution in [1.82, 2.24) is 5.32 Å². The second kappa shape index (κ2) is 11.7. The fraction of sp³-hybridized carbons (Fsp3) is 0.474. The topological polar surface area (TPSA) is 46.2 Å². The van der Waals surface area contributed by atoms with Crippen LogP contribution in [0.2, 0.25) is 0 Å². The van der Waals surface area contributed by atoms with Gasteiger partial charge in [0.05, 0.1) is 0 Å². The highest BCUT2D eigenvalue weighted by atomic mass is 16.1. The maximum absolute atomic E-state index is 11.7. The molecule has 0 radical (unpaired) electrons. The van der Waals surface area contributed by atoms with Crippen molar-refractivity contribution < 1.29 is 9.59 Å². The molecule has 1 rings (SSSR count). The minimum absolute atomic E-state index is 0.0556. The summed E-state index contributed by atoms with van der Waals surface area (Å²) in [6.45, 7) is 2.60. The number of hydrogen-bond donors (Lipinski definition) is 1. The van der Waals surface area contributed by atoms with Gasteiger partial charge in [0.2, 0.25) is 5.91 Å². The van der Waals surface area contributed by atoms with Crippen molar-refractivity contribution in [2.75, 3.05) is 6.54 Å². The van der Waals surface area contributed by atoms with E-state index in [-0.39, 0.29) is 11.7 Å². The van der Waals surface area contributed by atoms with Crippen molar-refractivity contribution in [3.63, 3.8) is 0 Å². The maximum Gasteiger partial charge on any atom is 0.220 e. The summed E-state index contributed by atoms with van der Waals surface area (Å²) in [4.78, 5) is 23.3. The Hall–Kier alpha value is -1.90. The fourth-order valence-electron chi connectivity index (χ4n) is 2.20. The molecule has 0 aliphatic carbocycles. The van der Waals surface area contributed by atoms with Crippen molar-refractivity contribution in [3.8, 4) is 0 Å². The van der Waals surface area contributed by atoms with Crippen LogP contribution in [0.1, 0.15) is 51.0 Å². The Kier molecular flexibility index (Phi) is 9.67. The minimum atomic E-state index is 0.0556. The zero-order valence-electron chi connectivity index (χ0n) is 13.5. The summed E-state index contributed by atoms with van der Waals surface area (Å²) in [6, 6.07) is 9.65. The summed E-state index contributed by atoms with van der Waals surface area (Å²) in [5, 5.41) is 2.81. The highest BCUT2D eigenvalue weighted by Gasteiger charge is 2.00. The summed E-state index contributed by atoms with van der Waals surface area (Å²) >= 11 is 0. The van der Waals surface area contributed by atoms with Crippen molar-refractivity contribution in [3.05, 3.63) is 48.0 Å². The van der Waals surface area contributed by atoms with Gasteiger partial charge in [-0.25, -0.2) is 0 Å². The average molecular weight is 301 g/mol. The standard InChI is InChI=1S/C19H27NO2/c1-2-3-4-5-9-14-19(22)20-15-10-13-18(21)16-17-11-7-6-8-12-17/h6-8,10-13H,2-5,9,14-16H2,1H3,(H,20,22)/b13-10+. The number of unbranched alkanes of at least 4 members (excludes halogenated alkanes) is 4. The molecule has 22 heavy (non-hydrogen) atoms. The molecule has 0 heterocycles. The van der Waals surface area contributed by atoms with E-state index in [2.05, 4.69) is 12.2 Å². The van der Waals surface area contributed by atoms with Crippen LogP contribution < -0.4 is 5.32 Å². The van der Waals surface area contributed by atoms with E-state index in [1.807, 2.05) is 30.3 Å². The van der Waals surface area contributed by atoms with Gasteiger partial charge >= 0.3 is 0 Å². The molecule has 1 aromatic rings. The van der Waals surface area contributed by atoms with E-state index in [0.717, 1.165) is 18.4 Å². The van der Waals surface area contributed by atoms with Gasteiger partial charge in [0.25, 0.3) is 0 Å². The summed E-state index contributed by atoms with van der Waals surface area (Å²) < 4.78 is 0. The normalized spacial score (nSPS) is 10.8. The fourth-order valence-corrected chi connectivity index (χ4v) is 2.20. The van der Waals surface area contributed by atoms with Crippen LogP contribution in [0.15, 0.2) is 42.5 Å². The third kappa shape index (κ3) is 9.11. The lowest BCUT2D eigenvalue weighted by atomic mass is 10.1. The molecular formula is C19H27NO2. The Morgan fingerprint density at radius 2 is 1.77 bits per heavy atom. The van der Waals surface area contributed by atoms with E-state index < -0.39 is 0 Å². The lowest BCUT2D eigenvalue weighted by Crippen LogP contribution is -2.23. The van der Waals surface area contributed by atoms with Crippen molar-refractivity contribution in [2.45, 2.75) is 51.9 Å². The molecule has 0 saturated carbocycles. The molecule has 3 nitrogen and oxygen atoms in total. The molecule has 3 heteroatoms. The molecule has 0 atom stereocenters. The Balaban J connectivity index is 2.10. The monoisotopic (exact) mass is 301 g/mol. The van der Waals surface area contributed by atoms with E-state index in [9.17, 15) is 9.59 Å². The van der Waals surface area contributed by atoms with Crippen molar-refractivity contribution >= 4 is 11.7 Å². The van der Waals surface area contributed by atoms with Crippen LogP contribution in [0.4, 0.5) is 0 Å². The lowest BCUT2D eigenvalue weighted by Gasteiger charge is -2.02. The Morgan fingerprint density at radius 1 is 1.05 bits per heavy atom. The molecule has 0 aliphatic rings. The third-order valence-electron chi connectivity index (χ3n) is 3.45. The number of carbonyl (C=O) groups is 2. The van der Waals surface area contributed by atoms with Crippen molar-refractivity contribution in [2.24, 2.45) is 0 Å². The zero-order chi connectivity index (χ0) is 16.0. The number of ketones is 1. The second-order valence-electron chi connectivity index (χ2n) is 5.50. The van der Waals surface area contributed by atoms with E-state index in [1.54, 1.807) is 12.2 Å². The van der Waals surface area contributed by atoms with Crippen LogP contribution >= 0.6 is 0 Å². The molecule has 0 aromatic heterocycles. The zero-order valence-corrected chi connectivity index (χ0v) is 13.5. The quantitative estimate of drug-likeness (QED) is 0.499. The predicted molar refractivity (Wildman–Crippen MR) is 90.7 cm³/mol. The molecule has 0 aliphatic heterocycles. The van der Waals surface area contributed by atoms with Crippen LogP contribution in [-0.4, -0.2) is 18.2 Å². The van der Waals surface area contributed by atoms with Gasteiger partial charge < -0.3 is 5.32 Å². The predicted octanol–water partition coefficient (Wildman–Crippen LogP) is 3.83. The molecular weight excluding hydrogens is 274 g/mol.